The first-order valence-electron chi connectivity index (χ1n) is 18.6. The van der Waals surface area contributed by atoms with Crippen LogP contribution < -0.4 is 25.6 Å². The zero-order valence-corrected chi connectivity index (χ0v) is 29.3. The molecule has 242 valence electrons. The Morgan fingerprint density at radius 3 is 1.78 bits per heavy atom. The van der Waals surface area contributed by atoms with E-state index in [9.17, 15) is 0 Å². The van der Waals surface area contributed by atoms with E-state index < -0.39 is 8.07 Å². The lowest BCUT2D eigenvalue weighted by Gasteiger charge is -2.47. The molecule has 1 aromatic heterocycles. The van der Waals surface area contributed by atoms with Crippen LogP contribution >= 0.6 is 0 Å². The molecule has 0 amide bonds. The molecule has 1 fully saturated rings. The minimum Gasteiger partial charge on any atom is -0.456 e. The second-order valence-electron chi connectivity index (χ2n) is 15.1. The van der Waals surface area contributed by atoms with Crippen LogP contribution in [0.3, 0.4) is 0 Å². The lowest BCUT2D eigenvalue weighted by molar-refractivity contribution is 0.344. The van der Waals surface area contributed by atoms with Gasteiger partial charge in [-0.15, -0.1) is 0 Å². The zero-order valence-electron chi connectivity index (χ0n) is 28.3. The third-order valence-corrected chi connectivity index (χ3v) is 17.8. The van der Waals surface area contributed by atoms with Crippen molar-refractivity contribution in [3.05, 3.63) is 163 Å². The van der Waals surface area contributed by atoms with E-state index in [0.29, 0.717) is 0 Å². The summed E-state index contributed by atoms with van der Waals surface area (Å²) < 4.78 is 6.59. The van der Waals surface area contributed by atoms with Crippen LogP contribution in [-0.4, -0.2) is 8.07 Å². The van der Waals surface area contributed by atoms with Crippen LogP contribution in [0.25, 0.3) is 44.2 Å². The van der Waals surface area contributed by atoms with E-state index in [-0.39, 0.29) is 5.41 Å². The second kappa shape index (κ2) is 9.99. The van der Waals surface area contributed by atoms with Crippen molar-refractivity contribution in [1.82, 2.24) is 0 Å². The van der Waals surface area contributed by atoms with E-state index in [1.807, 2.05) is 0 Å². The van der Waals surface area contributed by atoms with Gasteiger partial charge in [0.05, 0.1) is 11.4 Å². The molecular formula is C48H35NOSi. The van der Waals surface area contributed by atoms with Crippen molar-refractivity contribution >= 4 is 67.8 Å². The van der Waals surface area contributed by atoms with Crippen LogP contribution in [0.15, 0.2) is 156 Å². The van der Waals surface area contributed by atoms with Crippen LogP contribution in [0, 0.1) is 0 Å². The van der Waals surface area contributed by atoms with Crippen LogP contribution in [0.2, 0.25) is 0 Å². The molecule has 3 heteroatoms. The molecule has 0 atom stereocenters. The molecule has 2 nitrogen and oxygen atoms in total. The Bertz CT molecular complexity index is 2700. The first-order chi connectivity index (χ1) is 25.3. The van der Waals surface area contributed by atoms with Gasteiger partial charge < -0.3 is 9.32 Å². The SMILES string of the molecule is c1ccc2c(c1)-c1ccccc1[Si]21c2ccccc2-c2ccc(N3c4ccccc4C4(CCCCC4)c4cc5oc6ccccc6c5cc43)cc21. The summed E-state index contributed by atoms with van der Waals surface area (Å²) in [4.78, 5) is 2.60. The first-order valence-corrected chi connectivity index (χ1v) is 20.6. The topological polar surface area (TPSA) is 16.4 Å². The van der Waals surface area contributed by atoms with Gasteiger partial charge in [-0.3, -0.25) is 0 Å². The van der Waals surface area contributed by atoms with E-state index in [2.05, 4.69) is 157 Å². The number of anilines is 3. The van der Waals surface area contributed by atoms with Crippen molar-refractivity contribution in [2.45, 2.75) is 37.5 Å². The van der Waals surface area contributed by atoms with E-state index in [0.717, 1.165) is 11.2 Å². The molecule has 0 unspecified atom stereocenters. The molecule has 0 bridgehead atoms. The van der Waals surface area contributed by atoms with E-state index in [4.69, 9.17) is 4.42 Å². The van der Waals surface area contributed by atoms with Crippen molar-refractivity contribution in [2.24, 2.45) is 0 Å². The zero-order chi connectivity index (χ0) is 33.3. The number of rotatable bonds is 1. The van der Waals surface area contributed by atoms with Gasteiger partial charge in [0.2, 0.25) is 0 Å². The van der Waals surface area contributed by atoms with E-state index in [1.165, 1.54) is 114 Å². The standard InChI is InChI=1S/C48H35NOSi/c1-12-26-48(27-13-1)38-18-6-7-19-40(38)49(41-29-37-32-14-2-8-20-42(32)50-43(37)30-39(41)48)31-24-25-36-35-17-5-11-23-46(35)51(47(36)28-31)44-21-9-3-15-33(44)34-16-4-10-22-45(34)51/h2-11,14-25,28-30H,1,12-13,26-27H2. The highest BCUT2D eigenvalue weighted by molar-refractivity contribution is 7.24. The number of para-hydroxylation sites is 2. The summed E-state index contributed by atoms with van der Waals surface area (Å²) in [5.74, 6) is 0. The highest BCUT2D eigenvalue weighted by Gasteiger charge is 2.54. The number of benzene rings is 7. The van der Waals surface area contributed by atoms with Crippen molar-refractivity contribution in [1.29, 1.82) is 0 Å². The number of hydrogen-bond acceptors (Lipinski definition) is 2. The van der Waals surface area contributed by atoms with Crippen molar-refractivity contribution < 1.29 is 4.42 Å². The molecule has 4 heterocycles. The molecule has 3 aliphatic heterocycles. The lowest BCUT2D eigenvalue weighted by atomic mass is 9.62. The molecule has 8 aromatic rings. The summed E-state index contributed by atoms with van der Waals surface area (Å²) >= 11 is 0. The minimum absolute atomic E-state index is 0.0277. The predicted molar refractivity (Wildman–Crippen MR) is 214 cm³/mol. The first kappa shape index (κ1) is 28.1. The average molecular weight is 670 g/mol. The monoisotopic (exact) mass is 669 g/mol. The summed E-state index contributed by atoms with van der Waals surface area (Å²) in [6.45, 7) is 0. The highest BCUT2D eigenvalue weighted by Crippen LogP contribution is 2.58. The molecule has 4 aliphatic rings. The number of furan rings is 1. The van der Waals surface area contributed by atoms with Crippen LogP contribution in [0.4, 0.5) is 17.1 Å². The molecule has 2 spiro atoms. The maximum Gasteiger partial charge on any atom is 0.182 e. The van der Waals surface area contributed by atoms with Gasteiger partial charge in [-0.05, 0) is 103 Å². The lowest BCUT2D eigenvalue weighted by Crippen LogP contribution is -2.70. The summed E-state index contributed by atoms with van der Waals surface area (Å²) in [6.07, 6.45) is 6.13. The fourth-order valence-corrected chi connectivity index (χ4v) is 16.5. The van der Waals surface area contributed by atoms with Crippen LogP contribution in [-0.2, 0) is 5.41 Å². The van der Waals surface area contributed by atoms with Gasteiger partial charge in [-0.2, -0.15) is 0 Å². The molecule has 0 radical (unpaired) electrons. The predicted octanol–water partition coefficient (Wildman–Crippen LogP) is 9.96. The maximum atomic E-state index is 6.59. The molecule has 12 rings (SSSR count). The van der Waals surface area contributed by atoms with Gasteiger partial charge in [0, 0.05) is 21.9 Å². The molecule has 51 heavy (non-hydrogen) atoms. The quantitative estimate of drug-likeness (QED) is 0.162. The fraction of sp³-hybridized carbons (Fsp3) is 0.125. The summed E-state index contributed by atoms with van der Waals surface area (Å²) in [5, 5.41) is 8.43. The van der Waals surface area contributed by atoms with Gasteiger partial charge in [0.15, 0.2) is 8.07 Å². The highest BCUT2D eigenvalue weighted by atomic mass is 28.3. The van der Waals surface area contributed by atoms with Gasteiger partial charge in [-0.1, -0.05) is 135 Å². The molecule has 1 aliphatic carbocycles. The fourth-order valence-electron chi connectivity index (χ4n) is 10.9. The van der Waals surface area contributed by atoms with Gasteiger partial charge in [0.25, 0.3) is 0 Å². The van der Waals surface area contributed by atoms with Crippen molar-refractivity contribution in [3.8, 4) is 22.3 Å². The average Bonchev–Trinajstić information content (AvgIpc) is 3.82. The normalized spacial score (nSPS) is 16.9. The second-order valence-corrected chi connectivity index (χ2v) is 18.7. The Balaban J connectivity index is 1.17. The van der Waals surface area contributed by atoms with Crippen molar-refractivity contribution in [3.63, 3.8) is 0 Å². The summed E-state index contributed by atoms with van der Waals surface area (Å²) in [7, 11) is -2.58. The smallest absolute Gasteiger partial charge is 0.182 e. The van der Waals surface area contributed by atoms with E-state index in [1.54, 1.807) is 0 Å². The molecule has 1 saturated carbocycles. The third kappa shape index (κ3) is 3.43. The van der Waals surface area contributed by atoms with Gasteiger partial charge in [0.1, 0.15) is 11.2 Å². The Labute approximate surface area is 298 Å². The Morgan fingerprint density at radius 1 is 0.451 bits per heavy atom. The maximum absolute atomic E-state index is 6.59. The van der Waals surface area contributed by atoms with Crippen LogP contribution in [0.5, 0.6) is 0 Å². The number of hydrogen-bond donors (Lipinski definition) is 0. The van der Waals surface area contributed by atoms with Crippen LogP contribution in [0.1, 0.15) is 43.2 Å². The minimum atomic E-state index is -2.58. The summed E-state index contributed by atoms with van der Waals surface area (Å²) in [6, 6.07) is 57.9. The van der Waals surface area contributed by atoms with Gasteiger partial charge >= 0.3 is 0 Å². The number of fused-ring (bicyclic) bond motifs is 17. The Morgan fingerprint density at radius 2 is 1.06 bits per heavy atom. The number of nitrogens with zero attached hydrogens (tertiary/aromatic N) is 1. The molecule has 0 N–H and O–H groups in total. The Hall–Kier alpha value is -5.64. The third-order valence-electron chi connectivity index (χ3n) is 12.9. The Kier molecular flexibility index (Phi) is 5.50. The molecular weight excluding hydrogens is 635 g/mol. The largest absolute Gasteiger partial charge is 0.456 e. The van der Waals surface area contributed by atoms with E-state index >= 15 is 0 Å². The van der Waals surface area contributed by atoms with Gasteiger partial charge in [-0.25, -0.2) is 0 Å². The summed E-state index contributed by atoms with van der Waals surface area (Å²) in [5.41, 5.74) is 14.2. The molecule has 0 saturated heterocycles. The van der Waals surface area contributed by atoms with Crippen molar-refractivity contribution in [2.75, 3.05) is 4.90 Å². The molecule has 7 aromatic carbocycles.